The number of carbonyl (C=O) groups is 2. The smallest absolute Gasteiger partial charge is 0.335 e. The van der Waals surface area contributed by atoms with Crippen molar-refractivity contribution < 1.29 is 24.2 Å². The second kappa shape index (κ2) is 11.2. The van der Waals surface area contributed by atoms with Crippen LogP contribution in [0.4, 0.5) is 5.69 Å². The molecule has 0 unspecified atom stereocenters. The third kappa shape index (κ3) is 6.07. The summed E-state index contributed by atoms with van der Waals surface area (Å²) in [4.78, 5) is 23.5. The molecular weight excluding hydrogens is 479 g/mol. The number of aromatic carboxylic acids is 1. The fourth-order valence-electron chi connectivity index (χ4n) is 2.93. The number of amides is 1. The molecule has 7 nitrogen and oxygen atoms in total. The van der Waals surface area contributed by atoms with Gasteiger partial charge < -0.3 is 19.9 Å². The molecule has 0 heterocycles. The monoisotopic (exact) mass is 496 g/mol. The van der Waals surface area contributed by atoms with Gasteiger partial charge in [0.1, 0.15) is 18.2 Å². The molecule has 3 aromatic rings. The number of nitrogens with one attached hydrogen (secondary N) is 1. The zero-order valence-electron chi connectivity index (χ0n) is 17.8. The van der Waals surface area contributed by atoms with E-state index in [4.69, 9.17) is 37.8 Å². The van der Waals surface area contributed by atoms with E-state index in [2.05, 4.69) is 5.32 Å². The van der Waals surface area contributed by atoms with Gasteiger partial charge in [-0.1, -0.05) is 35.3 Å². The van der Waals surface area contributed by atoms with E-state index in [0.717, 1.165) is 0 Å². The van der Waals surface area contributed by atoms with E-state index in [1.54, 1.807) is 36.4 Å². The summed E-state index contributed by atoms with van der Waals surface area (Å²) >= 11 is 12.4. The van der Waals surface area contributed by atoms with Gasteiger partial charge in [0.15, 0.2) is 11.5 Å². The summed E-state index contributed by atoms with van der Waals surface area (Å²) in [5, 5.41) is 21.9. The highest BCUT2D eigenvalue weighted by molar-refractivity contribution is 6.35. The molecule has 0 spiro atoms. The van der Waals surface area contributed by atoms with Crippen LogP contribution in [0.3, 0.4) is 0 Å². The molecule has 0 aliphatic heterocycles. The van der Waals surface area contributed by atoms with Crippen molar-refractivity contribution in [2.75, 3.05) is 12.4 Å². The molecule has 0 atom stereocenters. The normalized spacial score (nSPS) is 10.8. The number of carbonyl (C=O) groups excluding carboxylic acids is 1. The van der Waals surface area contributed by atoms with Crippen molar-refractivity contribution in [3.05, 3.63) is 93.0 Å². The van der Waals surface area contributed by atoms with Crippen LogP contribution >= 0.6 is 23.2 Å². The van der Waals surface area contributed by atoms with E-state index in [-0.39, 0.29) is 17.7 Å². The Kier molecular flexibility index (Phi) is 8.14. The molecule has 0 aromatic heterocycles. The Balaban J connectivity index is 1.80. The lowest BCUT2D eigenvalue weighted by Crippen LogP contribution is -2.13. The van der Waals surface area contributed by atoms with E-state index in [9.17, 15) is 14.9 Å². The molecule has 3 rings (SSSR count). The topological polar surface area (TPSA) is 109 Å². The largest absolute Gasteiger partial charge is 0.493 e. The van der Waals surface area contributed by atoms with Crippen LogP contribution in [0.15, 0.2) is 66.2 Å². The van der Waals surface area contributed by atoms with Gasteiger partial charge in [-0.25, -0.2) is 4.79 Å². The third-order valence-electron chi connectivity index (χ3n) is 4.69. The zero-order valence-corrected chi connectivity index (χ0v) is 19.4. The molecule has 0 radical (unpaired) electrons. The minimum atomic E-state index is -1.08. The predicted molar refractivity (Wildman–Crippen MR) is 129 cm³/mol. The Morgan fingerprint density at radius 1 is 1.06 bits per heavy atom. The maximum absolute atomic E-state index is 12.6. The quantitative estimate of drug-likeness (QED) is 0.300. The zero-order chi connectivity index (χ0) is 24.7. The Bertz CT molecular complexity index is 1280. The van der Waals surface area contributed by atoms with Crippen LogP contribution in [0.25, 0.3) is 6.08 Å². The number of anilines is 1. The molecule has 34 heavy (non-hydrogen) atoms. The van der Waals surface area contributed by atoms with Crippen LogP contribution in [-0.4, -0.2) is 24.1 Å². The van der Waals surface area contributed by atoms with Crippen LogP contribution in [0.2, 0.25) is 10.0 Å². The standard InChI is InChI=1S/C25H18Cl2N2O5/c1-33-22-10-5-15(12-23(22)34-14-19-20(26)3-2-4-21(19)27)11-17(13-28)24(30)29-18-8-6-16(7-9-18)25(31)32/h2-12H,14H2,1H3,(H,29,30)(H,31,32)/b17-11+. The number of methoxy groups -OCH3 is 1. The number of ether oxygens (including phenoxy) is 2. The van der Waals surface area contributed by atoms with Crippen LogP contribution < -0.4 is 14.8 Å². The van der Waals surface area contributed by atoms with Gasteiger partial charge in [0.25, 0.3) is 5.91 Å². The lowest BCUT2D eigenvalue weighted by Gasteiger charge is -2.13. The first kappa shape index (κ1) is 24.6. The van der Waals surface area contributed by atoms with Crippen molar-refractivity contribution >= 4 is 46.8 Å². The Labute approximate surface area is 205 Å². The highest BCUT2D eigenvalue weighted by Gasteiger charge is 2.13. The minimum absolute atomic E-state index is 0.0814. The van der Waals surface area contributed by atoms with Gasteiger partial charge in [-0.05, 0) is 60.2 Å². The molecule has 1 amide bonds. The molecule has 3 aromatic carbocycles. The van der Waals surface area contributed by atoms with Crippen molar-refractivity contribution in [2.45, 2.75) is 6.61 Å². The summed E-state index contributed by atoms with van der Waals surface area (Å²) in [5.41, 5.74) is 1.41. The molecular formula is C25H18Cl2N2O5. The molecule has 0 fully saturated rings. The summed E-state index contributed by atoms with van der Waals surface area (Å²) in [7, 11) is 1.49. The predicted octanol–water partition coefficient (Wildman–Crippen LogP) is 5.82. The van der Waals surface area contributed by atoms with Crippen molar-refractivity contribution in [1.29, 1.82) is 5.26 Å². The van der Waals surface area contributed by atoms with Crippen molar-refractivity contribution in [2.24, 2.45) is 0 Å². The summed E-state index contributed by atoms with van der Waals surface area (Å²) in [6.07, 6.45) is 1.40. The van der Waals surface area contributed by atoms with Gasteiger partial charge in [0.2, 0.25) is 0 Å². The molecule has 0 aliphatic carbocycles. The van der Waals surface area contributed by atoms with Crippen LogP contribution in [0.5, 0.6) is 11.5 Å². The molecule has 2 N–H and O–H groups in total. The van der Waals surface area contributed by atoms with Gasteiger partial charge in [-0.3, -0.25) is 4.79 Å². The number of nitriles is 1. The molecule has 172 valence electrons. The average molecular weight is 497 g/mol. The van der Waals surface area contributed by atoms with Crippen molar-refractivity contribution in [3.63, 3.8) is 0 Å². The third-order valence-corrected chi connectivity index (χ3v) is 5.40. The number of benzene rings is 3. The lowest BCUT2D eigenvalue weighted by molar-refractivity contribution is -0.112. The van der Waals surface area contributed by atoms with E-state index >= 15 is 0 Å². The summed E-state index contributed by atoms with van der Waals surface area (Å²) in [6.45, 7) is 0.0833. The minimum Gasteiger partial charge on any atom is -0.493 e. The van der Waals surface area contributed by atoms with Crippen molar-refractivity contribution in [1.82, 2.24) is 0 Å². The van der Waals surface area contributed by atoms with E-state index in [0.29, 0.717) is 38.4 Å². The Morgan fingerprint density at radius 3 is 2.32 bits per heavy atom. The summed E-state index contributed by atoms with van der Waals surface area (Å²) < 4.78 is 11.2. The van der Waals surface area contributed by atoms with Gasteiger partial charge in [-0.2, -0.15) is 5.26 Å². The molecule has 0 saturated heterocycles. The second-order valence-corrected chi connectivity index (χ2v) is 7.72. The van der Waals surface area contributed by atoms with E-state index in [1.165, 1.54) is 37.5 Å². The Hall–Kier alpha value is -3.99. The first-order valence-electron chi connectivity index (χ1n) is 9.82. The fourth-order valence-corrected chi connectivity index (χ4v) is 3.43. The highest BCUT2D eigenvalue weighted by atomic mass is 35.5. The maximum atomic E-state index is 12.6. The number of rotatable bonds is 8. The Morgan fingerprint density at radius 2 is 1.74 bits per heavy atom. The average Bonchev–Trinajstić information content (AvgIpc) is 2.82. The summed E-state index contributed by atoms with van der Waals surface area (Å²) in [6, 6.07) is 17.5. The molecule has 0 aliphatic rings. The van der Waals surface area contributed by atoms with Gasteiger partial charge in [-0.15, -0.1) is 0 Å². The van der Waals surface area contributed by atoms with Crippen LogP contribution in [-0.2, 0) is 11.4 Å². The number of nitrogens with zero attached hydrogens (tertiary/aromatic N) is 1. The second-order valence-electron chi connectivity index (χ2n) is 6.91. The number of carboxylic acids is 1. The van der Waals surface area contributed by atoms with E-state index < -0.39 is 11.9 Å². The van der Waals surface area contributed by atoms with Gasteiger partial charge in [0, 0.05) is 21.3 Å². The lowest BCUT2D eigenvalue weighted by atomic mass is 10.1. The SMILES string of the molecule is COc1ccc(/C=C(\C#N)C(=O)Nc2ccc(C(=O)O)cc2)cc1OCc1c(Cl)cccc1Cl. The first-order chi connectivity index (χ1) is 16.3. The number of hydrogen-bond acceptors (Lipinski definition) is 5. The number of carboxylic acid groups (broad SMARTS) is 1. The maximum Gasteiger partial charge on any atom is 0.335 e. The number of hydrogen-bond donors (Lipinski definition) is 2. The van der Waals surface area contributed by atoms with E-state index in [1.807, 2.05) is 6.07 Å². The first-order valence-corrected chi connectivity index (χ1v) is 10.6. The van der Waals surface area contributed by atoms with Gasteiger partial charge in [0.05, 0.1) is 12.7 Å². The molecule has 9 heteroatoms. The number of halogens is 2. The summed E-state index contributed by atoms with van der Waals surface area (Å²) in [5.74, 6) is -0.910. The van der Waals surface area contributed by atoms with Gasteiger partial charge >= 0.3 is 5.97 Å². The van der Waals surface area contributed by atoms with Crippen LogP contribution in [0.1, 0.15) is 21.5 Å². The fraction of sp³-hybridized carbons (Fsp3) is 0.0800. The molecule has 0 saturated carbocycles. The highest BCUT2D eigenvalue weighted by Crippen LogP contribution is 2.32. The van der Waals surface area contributed by atoms with Crippen molar-refractivity contribution in [3.8, 4) is 17.6 Å². The molecule has 0 bridgehead atoms. The van der Waals surface area contributed by atoms with Crippen LogP contribution in [0, 0.1) is 11.3 Å².